The lowest BCUT2D eigenvalue weighted by atomic mass is 10.0. The van der Waals surface area contributed by atoms with E-state index in [2.05, 4.69) is 23.6 Å². The van der Waals surface area contributed by atoms with E-state index in [0.29, 0.717) is 11.5 Å². The summed E-state index contributed by atoms with van der Waals surface area (Å²) in [6, 6.07) is 0. The summed E-state index contributed by atoms with van der Waals surface area (Å²) >= 11 is 5.11. The van der Waals surface area contributed by atoms with Gasteiger partial charge in [-0.15, -0.1) is 0 Å². The van der Waals surface area contributed by atoms with E-state index in [1.807, 2.05) is 0 Å². The second-order valence-corrected chi connectivity index (χ2v) is 5.91. The summed E-state index contributed by atoms with van der Waals surface area (Å²) in [5, 5.41) is 0. The van der Waals surface area contributed by atoms with Crippen molar-refractivity contribution in [3.8, 4) is 0 Å². The van der Waals surface area contributed by atoms with Crippen LogP contribution in [0, 0.1) is 0 Å². The molecule has 1 amide bonds. The topological polar surface area (TPSA) is 52.8 Å². The van der Waals surface area contributed by atoms with Crippen molar-refractivity contribution in [1.82, 2.24) is 14.7 Å². The van der Waals surface area contributed by atoms with Gasteiger partial charge >= 0.3 is 0 Å². The zero-order valence-corrected chi connectivity index (χ0v) is 12.6. The van der Waals surface area contributed by atoms with E-state index in [0.717, 1.165) is 26.2 Å². The van der Waals surface area contributed by atoms with Gasteiger partial charge in [-0.1, -0.05) is 12.2 Å². The highest BCUT2D eigenvalue weighted by molar-refractivity contribution is 7.80. The van der Waals surface area contributed by atoms with Gasteiger partial charge in [0, 0.05) is 40.3 Å². The summed E-state index contributed by atoms with van der Waals surface area (Å²) in [5.74, 6) is 0.150. The molecule has 0 spiro atoms. The number of hydrogen-bond donors (Lipinski definition) is 1. The Balaban J connectivity index is 2.47. The molecule has 0 bridgehead atoms. The van der Waals surface area contributed by atoms with Crippen LogP contribution in [0.15, 0.2) is 0 Å². The molecule has 1 heterocycles. The largest absolute Gasteiger partial charge is 0.392 e. The molecular weight excluding hydrogens is 248 g/mol. The molecule has 1 aliphatic rings. The van der Waals surface area contributed by atoms with Crippen molar-refractivity contribution >= 4 is 23.1 Å². The zero-order valence-electron chi connectivity index (χ0n) is 11.8. The third-order valence-corrected chi connectivity index (χ3v) is 4.12. The van der Waals surface area contributed by atoms with Crippen molar-refractivity contribution in [2.24, 2.45) is 5.73 Å². The molecule has 2 N–H and O–H groups in total. The molecule has 1 saturated heterocycles. The molecule has 5 nitrogen and oxygen atoms in total. The highest BCUT2D eigenvalue weighted by atomic mass is 32.1. The van der Waals surface area contributed by atoms with Crippen LogP contribution in [-0.4, -0.2) is 78.0 Å². The van der Waals surface area contributed by atoms with Crippen molar-refractivity contribution in [2.75, 3.05) is 46.8 Å². The van der Waals surface area contributed by atoms with Gasteiger partial charge in [0.05, 0.1) is 17.1 Å². The Morgan fingerprint density at radius 3 is 2.17 bits per heavy atom. The molecule has 18 heavy (non-hydrogen) atoms. The first-order valence-corrected chi connectivity index (χ1v) is 6.63. The average molecular weight is 272 g/mol. The predicted molar refractivity (Wildman–Crippen MR) is 77.6 cm³/mol. The van der Waals surface area contributed by atoms with Crippen molar-refractivity contribution in [2.45, 2.75) is 19.4 Å². The fraction of sp³-hybridized carbons (Fsp3) is 0.833. The van der Waals surface area contributed by atoms with E-state index in [4.69, 9.17) is 18.0 Å². The van der Waals surface area contributed by atoms with Gasteiger partial charge in [0.1, 0.15) is 0 Å². The first kappa shape index (κ1) is 15.3. The standard InChI is InChI=1S/C12H24N4OS/c1-12(2,11(13)18)16-7-5-15(6-8-16)9-10(17)14(3)4/h5-9H2,1-4H3,(H2,13,18). The number of thiocarbonyl (C=S) groups is 1. The van der Waals surface area contributed by atoms with Gasteiger partial charge < -0.3 is 10.6 Å². The molecule has 1 rings (SSSR count). The van der Waals surface area contributed by atoms with E-state index < -0.39 is 0 Å². The predicted octanol–water partition coefficient (Wildman–Crippen LogP) is -0.243. The van der Waals surface area contributed by atoms with Gasteiger partial charge in [-0.3, -0.25) is 14.6 Å². The van der Waals surface area contributed by atoms with Gasteiger partial charge in [-0.05, 0) is 13.8 Å². The molecule has 0 aliphatic carbocycles. The van der Waals surface area contributed by atoms with Crippen LogP contribution in [0.4, 0.5) is 0 Å². The number of carbonyl (C=O) groups excluding carboxylic acids is 1. The number of likely N-dealkylation sites (N-methyl/N-ethyl adjacent to an activating group) is 1. The molecular formula is C12H24N4OS. The van der Waals surface area contributed by atoms with Gasteiger partial charge in [-0.2, -0.15) is 0 Å². The summed E-state index contributed by atoms with van der Waals surface area (Å²) in [4.78, 5) is 18.2. The molecule has 0 saturated carbocycles. The minimum Gasteiger partial charge on any atom is -0.392 e. The maximum atomic E-state index is 11.6. The molecule has 0 aromatic carbocycles. The van der Waals surface area contributed by atoms with Gasteiger partial charge in [0.15, 0.2) is 0 Å². The van der Waals surface area contributed by atoms with Crippen LogP contribution < -0.4 is 5.73 Å². The highest BCUT2D eigenvalue weighted by Gasteiger charge is 2.32. The Labute approximate surface area is 115 Å². The summed E-state index contributed by atoms with van der Waals surface area (Å²) in [5.41, 5.74) is 5.53. The van der Waals surface area contributed by atoms with Crippen molar-refractivity contribution in [3.05, 3.63) is 0 Å². The van der Waals surface area contributed by atoms with Crippen molar-refractivity contribution < 1.29 is 4.79 Å². The number of nitrogens with zero attached hydrogens (tertiary/aromatic N) is 3. The maximum Gasteiger partial charge on any atom is 0.236 e. The fourth-order valence-corrected chi connectivity index (χ4v) is 2.08. The van der Waals surface area contributed by atoms with E-state index >= 15 is 0 Å². The minimum atomic E-state index is -0.243. The Bertz CT molecular complexity index is 322. The van der Waals surface area contributed by atoms with Crippen LogP contribution in [0.2, 0.25) is 0 Å². The number of hydrogen-bond acceptors (Lipinski definition) is 4. The van der Waals surface area contributed by atoms with E-state index in [-0.39, 0.29) is 11.4 Å². The quantitative estimate of drug-likeness (QED) is 0.716. The lowest BCUT2D eigenvalue weighted by Crippen LogP contribution is -2.59. The fourth-order valence-electron chi connectivity index (χ4n) is 1.95. The van der Waals surface area contributed by atoms with Crippen LogP contribution in [0.1, 0.15) is 13.8 Å². The van der Waals surface area contributed by atoms with Gasteiger partial charge in [0.25, 0.3) is 0 Å². The molecule has 1 aliphatic heterocycles. The smallest absolute Gasteiger partial charge is 0.236 e. The van der Waals surface area contributed by atoms with Crippen LogP contribution >= 0.6 is 12.2 Å². The minimum absolute atomic E-state index is 0.150. The molecule has 0 aromatic rings. The molecule has 0 atom stereocenters. The highest BCUT2D eigenvalue weighted by Crippen LogP contribution is 2.17. The second kappa shape index (κ2) is 5.95. The third kappa shape index (κ3) is 3.63. The summed E-state index contributed by atoms with van der Waals surface area (Å²) in [6.07, 6.45) is 0. The SMILES string of the molecule is CN(C)C(=O)CN1CCN(C(C)(C)C(N)=S)CC1. The monoisotopic (exact) mass is 272 g/mol. The Kier molecular flexibility index (Phi) is 5.07. The second-order valence-electron chi connectivity index (χ2n) is 5.47. The number of nitrogens with two attached hydrogens (primary N) is 1. The van der Waals surface area contributed by atoms with E-state index in [1.54, 1.807) is 19.0 Å². The maximum absolute atomic E-state index is 11.6. The lowest BCUT2D eigenvalue weighted by Gasteiger charge is -2.43. The summed E-state index contributed by atoms with van der Waals surface area (Å²) in [6.45, 7) is 8.15. The Morgan fingerprint density at radius 1 is 1.28 bits per heavy atom. The van der Waals surface area contributed by atoms with Crippen LogP contribution in [0.5, 0.6) is 0 Å². The molecule has 0 aromatic heterocycles. The molecule has 6 heteroatoms. The molecule has 104 valence electrons. The summed E-state index contributed by atoms with van der Waals surface area (Å²) in [7, 11) is 3.57. The Hall–Kier alpha value is -0.720. The number of carbonyl (C=O) groups is 1. The summed E-state index contributed by atoms with van der Waals surface area (Å²) < 4.78 is 0. The van der Waals surface area contributed by atoms with E-state index in [1.165, 1.54) is 0 Å². The average Bonchev–Trinajstić information content (AvgIpc) is 2.29. The number of amides is 1. The van der Waals surface area contributed by atoms with Crippen molar-refractivity contribution in [3.63, 3.8) is 0 Å². The van der Waals surface area contributed by atoms with Crippen LogP contribution in [0.25, 0.3) is 0 Å². The van der Waals surface area contributed by atoms with Crippen LogP contribution in [-0.2, 0) is 4.79 Å². The third-order valence-electron chi connectivity index (χ3n) is 3.62. The molecule has 1 fully saturated rings. The number of piperazine rings is 1. The zero-order chi connectivity index (χ0) is 13.9. The Morgan fingerprint density at radius 2 is 1.78 bits per heavy atom. The molecule has 0 unspecified atom stereocenters. The van der Waals surface area contributed by atoms with Crippen molar-refractivity contribution in [1.29, 1.82) is 0 Å². The van der Waals surface area contributed by atoms with E-state index in [9.17, 15) is 4.79 Å². The molecule has 0 radical (unpaired) electrons. The normalized spacial score (nSPS) is 18.7. The lowest BCUT2D eigenvalue weighted by molar-refractivity contribution is -0.130. The van der Waals surface area contributed by atoms with Crippen LogP contribution in [0.3, 0.4) is 0 Å². The van der Waals surface area contributed by atoms with Gasteiger partial charge in [-0.25, -0.2) is 0 Å². The first-order valence-electron chi connectivity index (χ1n) is 6.22. The number of rotatable bonds is 4. The van der Waals surface area contributed by atoms with Gasteiger partial charge in [0.2, 0.25) is 5.91 Å². The first-order chi connectivity index (χ1) is 8.25.